The van der Waals surface area contributed by atoms with Crippen molar-refractivity contribution in [3.63, 3.8) is 0 Å². The maximum Gasteiger partial charge on any atom is 0.138 e. The normalized spacial score (nSPS) is 13.0. The Morgan fingerprint density at radius 2 is 1.79 bits per heavy atom. The average molecular weight is 265 g/mol. The van der Waals surface area contributed by atoms with E-state index < -0.39 is 6.10 Å². The Kier molecular flexibility index (Phi) is 6.85. The summed E-state index contributed by atoms with van der Waals surface area (Å²) in [6, 6.07) is 1.91. The molecule has 0 saturated carbocycles. The molecule has 0 amide bonds. The molecular formula is C16H27NO2. The van der Waals surface area contributed by atoms with E-state index >= 15 is 0 Å². The van der Waals surface area contributed by atoms with Gasteiger partial charge in [-0.2, -0.15) is 0 Å². The number of aliphatic hydroxyl groups excluding tert-OH is 1. The molecule has 1 atom stereocenters. The van der Waals surface area contributed by atoms with E-state index in [4.69, 9.17) is 4.74 Å². The van der Waals surface area contributed by atoms with Crippen molar-refractivity contribution in [2.24, 2.45) is 5.92 Å². The molecule has 0 aliphatic heterocycles. The fraction of sp³-hybridized carbons (Fsp3) is 0.688. The second-order valence-electron chi connectivity index (χ2n) is 5.40. The minimum Gasteiger partial charge on any atom is -0.489 e. The maximum absolute atomic E-state index is 10.5. The lowest BCUT2D eigenvalue weighted by atomic mass is 9.89. The highest BCUT2D eigenvalue weighted by atomic mass is 16.5. The zero-order valence-electron chi connectivity index (χ0n) is 12.6. The van der Waals surface area contributed by atoms with E-state index in [9.17, 15) is 5.11 Å². The van der Waals surface area contributed by atoms with Crippen LogP contribution >= 0.6 is 0 Å². The molecule has 0 aliphatic rings. The molecule has 1 unspecified atom stereocenters. The van der Waals surface area contributed by atoms with Crippen LogP contribution in [0.25, 0.3) is 0 Å². The molecule has 1 rings (SSSR count). The van der Waals surface area contributed by atoms with Crippen LogP contribution in [0.1, 0.15) is 65.0 Å². The first kappa shape index (κ1) is 16.0. The molecule has 1 aromatic rings. The second-order valence-corrected chi connectivity index (χ2v) is 5.40. The third kappa shape index (κ3) is 5.19. The first-order valence-corrected chi connectivity index (χ1v) is 7.38. The van der Waals surface area contributed by atoms with E-state index in [0.29, 0.717) is 5.92 Å². The molecule has 0 saturated heterocycles. The number of ether oxygens (including phenoxy) is 1. The van der Waals surface area contributed by atoms with Gasteiger partial charge >= 0.3 is 0 Å². The summed E-state index contributed by atoms with van der Waals surface area (Å²) in [5, 5.41) is 10.5. The molecule has 0 aromatic carbocycles. The van der Waals surface area contributed by atoms with Crippen molar-refractivity contribution in [1.82, 2.24) is 4.98 Å². The van der Waals surface area contributed by atoms with Crippen molar-refractivity contribution in [1.29, 1.82) is 0 Å². The van der Waals surface area contributed by atoms with Crippen molar-refractivity contribution < 1.29 is 9.84 Å². The van der Waals surface area contributed by atoms with Crippen molar-refractivity contribution in [3.05, 3.63) is 24.0 Å². The summed E-state index contributed by atoms with van der Waals surface area (Å²) in [4.78, 5) is 4.18. The van der Waals surface area contributed by atoms with Crippen LogP contribution in [-0.4, -0.2) is 16.2 Å². The van der Waals surface area contributed by atoms with Gasteiger partial charge in [-0.15, -0.1) is 0 Å². The van der Waals surface area contributed by atoms with Crippen LogP contribution < -0.4 is 4.74 Å². The highest BCUT2D eigenvalue weighted by Gasteiger charge is 2.20. The molecule has 1 heterocycles. The van der Waals surface area contributed by atoms with Gasteiger partial charge < -0.3 is 9.84 Å². The van der Waals surface area contributed by atoms with E-state index in [1.165, 1.54) is 0 Å². The number of pyridine rings is 1. The maximum atomic E-state index is 10.5. The summed E-state index contributed by atoms with van der Waals surface area (Å²) < 4.78 is 5.63. The van der Waals surface area contributed by atoms with E-state index in [0.717, 1.165) is 37.0 Å². The minimum atomic E-state index is -0.442. The standard InChI is InChI=1S/C16H27NO2/c1-5-7-13(8-6-2)16(18)14-9-15(11-17-10-14)19-12(3)4/h9-13,16,18H,5-8H2,1-4H3. The smallest absolute Gasteiger partial charge is 0.138 e. The van der Waals surface area contributed by atoms with Gasteiger partial charge in [0.2, 0.25) is 0 Å². The lowest BCUT2D eigenvalue weighted by Gasteiger charge is -2.22. The predicted molar refractivity (Wildman–Crippen MR) is 78.3 cm³/mol. The Bertz CT molecular complexity index is 360. The van der Waals surface area contributed by atoms with Gasteiger partial charge in [-0.25, -0.2) is 0 Å². The lowest BCUT2D eigenvalue weighted by molar-refractivity contribution is 0.0956. The number of rotatable bonds is 8. The fourth-order valence-corrected chi connectivity index (χ4v) is 2.41. The number of hydrogen-bond acceptors (Lipinski definition) is 3. The van der Waals surface area contributed by atoms with Crippen LogP contribution in [0.3, 0.4) is 0 Å². The summed E-state index contributed by atoms with van der Waals surface area (Å²) in [5.74, 6) is 1.05. The minimum absolute atomic E-state index is 0.122. The Labute approximate surface area is 117 Å². The van der Waals surface area contributed by atoms with Crippen molar-refractivity contribution in [3.8, 4) is 5.75 Å². The van der Waals surface area contributed by atoms with Crippen molar-refractivity contribution in [2.75, 3.05) is 0 Å². The topological polar surface area (TPSA) is 42.4 Å². The van der Waals surface area contributed by atoms with Gasteiger partial charge in [0.15, 0.2) is 0 Å². The van der Waals surface area contributed by atoms with Gasteiger partial charge in [0, 0.05) is 11.8 Å². The molecule has 1 N–H and O–H groups in total. The molecular weight excluding hydrogens is 238 g/mol. The molecule has 0 aliphatic carbocycles. The third-order valence-electron chi connectivity index (χ3n) is 3.21. The predicted octanol–water partition coefficient (Wildman–Crippen LogP) is 4.12. The van der Waals surface area contributed by atoms with Gasteiger partial charge in [0.25, 0.3) is 0 Å². The highest BCUT2D eigenvalue weighted by molar-refractivity contribution is 5.25. The molecule has 1 aromatic heterocycles. The Hall–Kier alpha value is -1.09. The van der Waals surface area contributed by atoms with Gasteiger partial charge in [-0.05, 0) is 38.7 Å². The second kappa shape index (κ2) is 8.16. The van der Waals surface area contributed by atoms with Gasteiger partial charge in [0.1, 0.15) is 5.75 Å². The SMILES string of the molecule is CCCC(CCC)C(O)c1cncc(OC(C)C)c1. The molecule has 0 fully saturated rings. The molecule has 3 heteroatoms. The summed E-state index contributed by atoms with van der Waals surface area (Å²) in [6.45, 7) is 8.29. The number of aromatic nitrogens is 1. The van der Waals surface area contributed by atoms with Crippen LogP contribution in [0, 0.1) is 5.92 Å². The molecule has 0 radical (unpaired) electrons. The molecule has 0 bridgehead atoms. The van der Waals surface area contributed by atoms with Gasteiger partial charge in [-0.1, -0.05) is 26.7 Å². The monoisotopic (exact) mass is 265 g/mol. The Morgan fingerprint density at radius 1 is 1.16 bits per heavy atom. The molecule has 0 spiro atoms. The lowest BCUT2D eigenvalue weighted by Crippen LogP contribution is -2.13. The summed E-state index contributed by atoms with van der Waals surface area (Å²) in [6.07, 6.45) is 7.41. The summed E-state index contributed by atoms with van der Waals surface area (Å²) >= 11 is 0. The highest BCUT2D eigenvalue weighted by Crippen LogP contribution is 2.30. The van der Waals surface area contributed by atoms with E-state index in [1.807, 2.05) is 19.9 Å². The summed E-state index contributed by atoms with van der Waals surface area (Å²) in [7, 11) is 0. The Morgan fingerprint density at radius 3 is 2.32 bits per heavy atom. The van der Waals surface area contributed by atoms with Crippen LogP contribution in [0.2, 0.25) is 0 Å². The molecule has 19 heavy (non-hydrogen) atoms. The largest absolute Gasteiger partial charge is 0.489 e. The van der Waals surface area contributed by atoms with Crippen LogP contribution in [-0.2, 0) is 0 Å². The van der Waals surface area contributed by atoms with E-state index in [1.54, 1.807) is 12.4 Å². The molecule has 3 nitrogen and oxygen atoms in total. The van der Waals surface area contributed by atoms with Crippen LogP contribution in [0.15, 0.2) is 18.5 Å². The van der Waals surface area contributed by atoms with Crippen molar-refractivity contribution >= 4 is 0 Å². The van der Waals surface area contributed by atoms with E-state index in [-0.39, 0.29) is 6.10 Å². The quantitative estimate of drug-likeness (QED) is 0.769. The number of aliphatic hydroxyl groups is 1. The van der Waals surface area contributed by atoms with Crippen LogP contribution in [0.4, 0.5) is 0 Å². The average Bonchev–Trinajstić information content (AvgIpc) is 2.37. The van der Waals surface area contributed by atoms with Gasteiger partial charge in [0.05, 0.1) is 18.4 Å². The first-order chi connectivity index (χ1) is 9.08. The number of nitrogens with zero attached hydrogens (tertiary/aromatic N) is 1. The van der Waals surface area contributed by atoms with Gasteiger partial charge in [-0.3, -0.25) is 4.98 Å². The van der Waals surface area contributed by atoms with E-state index in [2.05, 4.69) is 18.8 Å². The summed E-state index contributed by atoms with van der Waals surface area (Å²) in [5.41, 5.74) is 0.866. The zero-order chi connectivity index (χ0) is 14.3. The van der Waals surface area contributed by atoms with Crippen LogP contribution in [0.5, 0.6) is 5.75 Å². The zero-order valence-corrected chi connectivity index (χ0v) is 12.6. The third-order valence-corrected chi connectivity index (χ3v) is 3.21. The Balaban J connectivity index is 2.81. The molecule has 108 valence electrons. The number of hydrogen-bond donors (Lipinski definition) is 1. The first-order valence-electron chi connectivity index (χ1n) is 7.38. The fourth-order valence-electron chi connectivity index (χ4n) is 2.41. The van der Waals surface area contributed by atoms with Crippen molar-refractivity contribution in [2.45, 2.75) is 65.6 Å².